The molecule has 0 atom stereocenters. The average Bonchev–Trinajstić information content (AvgIpc) is 2.15. The molecule has 0 aromatic carbocycles. The van der Waals surface area contributed by atoms with Gasteiger partial charge in [-0.05, 0) is 0 Å². The van der Waals surface area contributed by atoms with E-state index in [1.807, 2.05) is 0 Å². The van der Waals surface area contributed by atoms with Gasteiger partial charge in [0, 0.05) is 6.07 Å². The Balaban J connectivity index is -0.0000000540. The van der Waals surface area contributed by atoms with E-state index in [4.69, 9.17) is 5.11 Å². The Morgan fingerprint density at radius 3 is 2.21 bits per heavy atom. The van der Waals surface area contributed by atoms with Crippen molar-refractivity contribution in [3.8, 4) is 0 Å². The predicted octanol–water partition coefficient (Wildman–Crippen LogP) is -5.37. The van der Waals surface area contributed by atoms with Gasteiger partial charge in [-0.1, -0.05) is 5.16 Å². The van der Waals surface area contributed by atoms with Gasteiger partial charge in [0.25, 0.3) is 0 Å². The molecule has 0 bridgehead atoms. The number of carboxylic acid groups (broad SMARTS) is 1. The van der Waals surface area contributed by atoms with Crippen molar-refractivity contribution in [1.29, 1.82) is 0 Å². The molecule has 0 aliphatic carbocycles. The molecule has 0 aliphatic rings. The molecule has 0 saturated heterocycles. The molecular formula is C5H11Cl2N3O3Pt. The third-order valence-electron chi connectivity index (χ3n) is 0.817. The van der Waals surface area contributed by atoms with Crippen LogP contribution < -0.4 is 37.1 Å². The molecule has 1 rings (SSSR count). The van der Waals surface area contributed by atoms with Gasteiger partial charge in [0.1, 0.15) is 12.2 Å². The molecule has 1 heterocycles. The van der Waals surface area contributed by atoms with Crippen molar-refractivity contribution in [3.63, 3.8) is 0 Å². The molecule has 14 heavy (non-hydrogen) atoms. The summed E-state index contributed by atoms with van der Waals surface area (Å²) in [5, 5.41) is 11.5. The predicted molar refractivity (Wildman–Crippen MR) is 37.9 cm³/mol. The third-order valence-corrected chi connectivity index (χ3v) is 0.817. The molecular weight excluding hydrogens is 416 g/mol. The fourth-order valence-electron chi connectivity index (χ4n) is 0.482. The van der Waals surface area contributed by atoms with E-state index in [1.165, 1.54) is 12.3 Å². The first-order valence-corrected chi connectivity index (χ1v) is 2.40. The fourth-order valence-corrected chi connectivity index (χ4v) is 0.482. The van der Waals surface area contributed by atoms with Gasteiger partial charge in [0.2, 0.25) is 0 Å². The summed E-state index contributed by atoms with van der Waals surface area (Å²) in [6.07, 6.45) is 1.32. The van der Waals surface area contributed by atoms with Gasteiger partial charge in [-0.25, -0.2) is 0 Å². The molecule has 0 radical (unpaired) electrons. The maximum Gasteiger partial charge on any atom is 2.00 e. The van der Waals surface area contributed by atoms with Crippen molar-refractivity contribution in [3.05, 3.63) is 18.0 Å². The van der Waals surface area contributed by atoms with Crippen molar-refractivity contribution in [2.75, 3.05) is 0 Å². The monoisotopic (exact) mass is 426 g/mol. The van der Waals surface area contributed by atoms with E-state index in [2.05, 4.69) is 9.68 Å². The normalized spacial score (nSPS) is 6.00. The molecule has 88 valence electrons. The molecule has 6 nitrogen and oxygen atoms in total. The van der Waals surface area contributed by atoms with Gasteiger partial charge >= 0.3 is 27.0 Å². The zero-order chi connectivity index (χ0) is 6.69. The Hall–Kier alpha value is -0.132. The number of hydrogen-bond acceptors (Lipinski definition) is 5. The second-order valence-corrected chi connectivity index (χ2v) is 1.55. The van der Waals surface area contributed by atoms with E-state index in [-0.39, 0.29) is 64.6 Å². The van der Waals surface area contributed by atoms with Crippen LogP contribution in [0.4, 0.5) is 0 Å². The number of carbonyl (C=O) groups is 1. The molecule has 1 aromatic rings. The second kappa shape index (κ2) is 15.3. The van der Waals surface area contributed by atoms with E-state index < -0.39 is 5.97 Å². The molecule has 0 spiro atoms. The number of nitrogens with zero attached hydrogens (tertiary/aromatic N) is 1. The number of hydrogen-bond donors (Lipinski definition) is 3. The van der Waals surface area contributed by atoms with Gasteiger partial charge in [-0.3, -0.25) is 4.79 Å². The molecule has 7 N–H and O–H groups in total. The van der Waals surface area contributed by atoms with Crippen LogP contribution in [-0.2, 0) is 32.3 Å². The molecule has 9 heteroatoms. The standard InChI is InChI=1S/C5H5NO3.2ClH.2H3N.Pt/c7-5(8)3-4-1-2-6-9-4;;;;;/h1-2H,3H2,(H,7,8);2*1H;2*1H3;/q;;;;;+2/p-2. The van der Waals surface area contributed by atoms with Crippen LogP contribution in [-0.4, -0.2) is 16.2 Å². The van der Waals surface area contributed by atoms with Crippen LogP contribution in [0.5, 0.6) is 0 Å². The zero-order valence-electron chi connectivity index (χ0n) is 7.06. The minimum Gasteiger partial charge on any atom is -1.00 e. The van der Waals surface area contributed by atoms with Gasteiger partial charge < -0.3 is 46.7 Å². The maximum atomic E-state index is 9.98. The van der Waals surface area contributed by atoms with Crippen LogP contribution in [0.25, 0.3) is 0 Å². The van der Waals surface area contributed by atoms with Gasteiger partial charge in [-0.2, -0.15) is 0 Å². The Bertz CT molecular complexity index is 210. The van der Waals surface area contributed by atoms with E-state index >= 15 is 0 Å². The summed E-state index contributed by atoms with van der Waals surface area (Å²) in [6, 6.07) is 1.52. The summed E-state index contributed by atoms with van der Waals surface area (Å²) >= 11 is 0. The van der Waals surface area contributed by atoms with Gasteiger partial charge in [0.15, 0.2) is 0 Å². The first kappa shape index (κ1) is 29.2. The van der Waals surface area contributed by atoms with Crippen LogP contribution in [0.3, 0.4) is 0 Å². The van der Waals surface area contributed by atoms with E-state index in [0.29, 0.717) is 5.76 Å². The van der Waals surface area contributed by atoms with E-state index in [0.717, 1.165) is 0 Å². The van der Waals surface area contributed by atoms with Crippen molar-refractivity contribution < 1.29 is 60.3 Å². The maximum absolute atomic E-state index is 9.98. The van der Waals surface area contributed by atoms with E-state index in [1.54, 1.807) is 0 Å². The van der Waals surface area contributed by atoms with Gasteiger partial charge in [0.05, 0.1) is 6.20 Å². The Kier molecular flexibility index (Phi) is 32.0. The summed E-state index contributed by atoms with van der Waals surface area (Å²) in [6.45, 7) is 0. The summed E-state index contributed by atoms with van der Waals surface area (Å²) in [5.74, 6) is -0.533. The van der Waals surface area contributed by atoms with Crippen LogP contribution in [0, 0.1) is 0 Å². The number of halogens is 2. The number of carboxylic acids is 1. The molecule has 0 fully saturated rings. The zero-order valence-corrected chi connectivity index (χ0v) is 10.8. The number of aromatic nitrogens is 1. The van der Waals surface area contributed by atoms with Gasteiger partial charge in [-0.15, -0.1) is 0 Å². The second-order valence-electron chi connectivity index (χ2n) is 1.55. The van der Waals surface area contributed by atoms with Crippen LogP contribution in [0.1, 0.15) is 5.76 Å². The number of rotatable bonds is 2. The molecule has 0 aliphatic heterocycles. The molecule has 0 amide bonds. The first-order valence-electron chi connectivity index (χ1n) is 2.40. The van der Waals surface area contributed by atoms with Crippen LogP contribution in [0.2, 0.25) is 0 Å². The van der Waals surface area contributed by atoms with Crippen LogP contribution in [0.15, 0.2) is 16.8 Å². The topological polar surface area (TPSA) is 133 Å². The minimum atomic E-state index is -0.910. The van der Waals surface area contributed by atoms with Crippen molar-refractivity contribution in [2.45, 2.75) is 6.42 Å². The first-order chi connectivity index (χ1) is 4.29. The Morgan fingerprint density at radius 2 is 1.93 bits per heavy atom. The smallest absolute Gasteiger partial charge is 1.00 e. The average molecular weight is 427 g/mol. The summed E-state index contributed by atoms with van der Waals surface area (Å²) in [5.41, 5.74) is 0. The van der Waals surface area contributed by atoms with Crippen molar-refractivity contribution in [2.24, 2.45) is 0 Å². The summed E-state index contributed by atoms with van der Waals surface area (Å²) in [7, 11) is 0. The minimum absolute atomic E-state index is 0. The van der Waals surface area contributed by atoms with Crippen molar-refractivity contribution >= 4 is 5.97 Å². The fraction of sp³-hybridized carbons (Fsp3) is 0.200. The summed E-state index contributed by atoms with van der Waals surface area (Å²) < 4.78 is 4.51. The van der Waals surface area contributed by atoms with Crippen molar-refractivity contribution in [1.82, 2.24) is 17.5 Å². The Labute approximate surface area is 108 Å². The largest absolute Gasteiger partial charge is 2.00 e. The SMILES string of the molecule is N.N.O=C(O)Cc1ccno1.[Cl-].[Cl-].[Pt+2]. The Morgan fingerprint density at radius 1 is 1.43 bits per heavy atom. The molecule has 0 unspecified atom stereocenters. The molecule has 1 aromatic heterocycles. The third kappa shape index (κ3) is 11.9. The number of aliphatic carboxylic acids is 1. The van der Waals surface area contributed by atoms with Crippen LogP contribution >= 0.6 is 0 Å². The van der Waals surface area contributed by atoms with E-state index in [9.17, 15) is 4.79 Å². The molecule has 0 saturated carbocycles. The summed E-state index contributed by atoms with van der Waals surface area (Å²) in [4.78, 5) is 9.98. The quantitative estimate of drug-likeness (QED) is 0.432.